The molecule has 0 spiro atoms. The third kappa shape index (κ3) is 2.43. The van der Waals surface area contributed by atoms with E-state index in [-0.39, 0.29) is 5.69 Å². The Balaban J connectivity index is 2.98. The van der Waals surface area contributed by atoms with Crippen LogP contribution in [0.5, 0.6) is 0 Å². The van der Waals surface area contributed by atoms with E-state index >= 15 is 0 Å². The Labute approximate surface area is 76.0 Å². The average Bonchev–Trinajstić information content (AvgIpc) is 2.11. The van der Waals surface area contributed by atoms with Gasteiger partial charge in [0.05, 0.1) is 18.5 Å². The van der Waals surface area contributed by atoms with Crippen molar-refractivity contribution < 1.29 is 9.13 Å². The van der Waals surface area contributed by atoms with Gasteiger partial charge in [0.1, 0.15) is 5.82 Å². The summed E-state index contributed by atoms with van der Waals surface area (Å²) in [6.45, 7) is 1.69. The molecule has 2 N–H and O–H groups in total. The molecular weight excluding hydrogens is 171 g/mol. The molecule has 0 aliphatic heterocycles. The molecule has 0 saturated carbocycles. The van der Waals surface area contributed by atoms with E-state index in [1.807, 2.05) is 0 Å². The molecule has 0 fully saturated rings. The summed E-state index contributed by atoms with van der Waals surface area (Å²) in [6.07, 6.45) is 0. The Morgan fingerprint density at radius 1 is 1.54 bits per heavy atom. The number of ether oxygens (including phenoxy) is 1. The van der Waals surface area contributed by atoms with Crippen LogP contribution in [-0.4, -0.2) is 13.0 Å². The second-order valence-corrected chi connectivity index (χ2v) is 2.54. The Bertz CT molecular complexity index is 336. The molecule has 0 aliphatic carbocycles. The minimum atomic E-state index is -0.467. The molecule has 3 nitrogen and oxygen atoms in total. The van der Waals surface area contributed by atoms with Crippen molar-refractivity contribution in [3.8, 4) is 0 Å². The number of halogens is 1. The fraction of sp³-hybridized carbons (Fsp3) is 0.222. The van der Waals surface area contributed by atoms with Crippen molar-refractivity contribution >= 4 is 17.3 Å². The maximum absolute atomic E-state index is 12.9. The van der Waals surface area contributed by atoms with Crippen molar-refractivity contribution in [1.29, 1.82) is 0 Å². The zero-order chi connectivity index (χ0) is 9.84. The van der Waals surface area contributed by atoms with Crippen molar-refractivity contribution in [2.75, 3.05) is 12.8 Å². The van der Waals surface area contributed by atoms with Crippen LogP contribution >= 0.6 is 0 Å². The first-order valence-electron chi connectivity index (χ1n) is 3.78. The molecule has 1 rings (SSSR count). The van der Waals surface area contributed by atoms with Gasteiger partial charge >= 0.3 is 0 Å². The lowest BCUT2D eigenvalue weighted by Crippen LogP contribution is -1.93. The summed E-state index contributed by atoms with van der Waals surface area (Å²) in [5.74, 6) is 0.00863. The Morgan fingerprint density at radius 3 is 2.77 bits per heavy atom. The quantitative estimate of drug-likeness (QED) is 0.410. The summed E-state index contributed by atoms with van der Waals surface area (Å²) >= 11 is 0. The predicted molar refractivity (Wildman–Crippen MR) is 50.6 cm³/mol. The number of nitrogens with zero attached hydrogens (tertiary/aromatic N) is 1. The van der Waals surface area contributed by atoms with Gasteiger partial charge in [-0.25, -0.2) is 9.38 Å². The fourth-order valence-electron chi connectivity index (χ4n) is 0.813. The van der Waals surface area contributed by atoms with E-state index in [0.29, 0.717) is 11.6 Å². The lowest BCUT2D eigenvalue weighted by atomic mass is 10.3. The number of hydrogen-bond donors (Lipinski definition) is 1. The molecule has 1 aromatic rings. The highest BCUT2D eigenvalue weighted by Crippen LogP contribution is 2.18. The first-order chi connectivity index (χ1) is 6.13. The third-order valence-electron chi connectivity index (χ3n) is 1.57. The first-order valence-corrected chi connectivity index (χ1v) is 3.78. The number of benzene rings is 1. The molecule has 0 amide bonds. The van der Waals surface area contributed by atoms with Gasteiger partial charge in [-0.05, 0) is 12.1 Å². The van der Waals surface area contributed by atoms with Gasteiger partial charge in [0.25, 0.3) is 0 Å². The van der Waals surface area contributed by atoms with Crippen molar-refractivity contribution in [2.24, 2.45) is 4.99 Å². The molecule has 70 valence electrons. The number of nitrogen functional groups attached to an aromatic ring is 1. The number of aliphatic imine (C=N–C) groups is 1. The molecular formula is C9H11FN2O. The van der Waals surface area contributed by atoms with Crippen LogP contribution in [0.15, 0.2) is 23.2 Å². The van der Waals surface area contributed by atoms with Gasteiger partial charge in [0.15, 0.2) is 5.90 Å². The lowest BCUT2D eigenvalue weighted by Gasteiger charge is -2.00. The SMILES string of the molecule is COC(C)=Nc1ccc(N)c(F)c1. The Morgan fingerprint density at radius 2 is 2.23 bits per heavy atom. The van der Waals surface area contributed by atoms with Gasteiger partial charge in [-0.2, -0.15) is 0 Å². The normalized spacial score (nSPS) is 11.5. The van der Waals surface area contributed by atoms with Crippen LogP contribution in [0, 0.1) is 5.82 Å². The van der Waals surface area contributed by atoms with Gasteiger partial charge in [-0.1, -0.05) is 0 Å². The van der Waals surface area contributed by atoms with E-state index in [4.69, 9.17) is 10.5 Å². The molecule has 0 aliphatic rings. The largest absolute Gasteiger partial charge is 0.484 e. The minimum Gasteiger partial charge on any atom is -0.484 e. The molecule has 0 saturated heterocycles. The lowest BCUT2D eigenvalue weighted by molar-refractivity contribution is 0.400. The molecule has 1 aromatic carbocycles. The van der Waals surface area contributed by atoms with Crippen molar-refractivity contribution in [1.82, 2.24) is 0 Å². The number of anilines is 1. The molecule has 0 radical (unpaired) electrons. The van der Waals surface area contributed by atoms with Crippen LogP contribution in [0.4, 0.5) is 15.8 Å². The number of hydrogen-bond acceptors (Lipinski definition) is 3. The predicted octanol–water partition coefficient (Wildman–Crippen LogP) is 2.10. The zero-order valence-electron chi connectivity index (χ0n) is 7.54. The Hall–Kier alpha value is -1.58. The zero-order valence-corrected chi connectivity index (χ0v) is 7.54. The van der Waals surface area contributed by atoms with Crippen LogP contribution in [0.25, 0.3) is 0 Å². The van der Waals surface area contributed by atoms with E-state index in [1.165, 1.54) is 19.2 Å². The molecule has 0 heterocycles. The van der Waals surface area contributed by atoms with Crippen LogP contribution in [0.2, 0.25) is 0 Å². The first kappa shape index (κ1) is 9.51. The van der Waals surface area contributed by atoms with E-state index in [1.54, 1.807) is 13.0 Å². The summed E-state index contributed by atoms with van der Waals surface area (Å²) in [5.41, 5.74) is 5.91. The van der Waals surface area contributed by atoms with Gasteiger partial charge in [0.2, 0.25) is 0 Å². The molecule has 13 heavy (non-hydrogen) atoms. The summed E-state index contributed by atoms with van der Waals surface area (Å²) in [4.78, 5) is 3.98. The third-order valence-corrected chi connectivity index (χ3v) is 1.57. The molecule has 0 bridgehead atoms. The monoisotopic (exact) mass is 182 g/mol. The maximum Gasteiger partial charge on any atom is 0.184 e. The molecule has 0 unspecified atom stereocenters. The second kappa shape index (κ2) is 3.89. The van der Waals surface area contributed by atoms with Gasteiger partial charge < -0.3 is 10.5 Å². The number of nitrogens with two attached hydrogens (primary N) is 1. The van der Waals surface area contributed by atoms with Crippen LogP contribution in [-0.2, 0) is 4.74 Å². The fourth-order valence-corrected chi connectivity index (χ4v) is 0.813. The summed E-state index contributed by atoms with van der Waals surface area (Å²) in [7, 11) is 1.51. The van der Waals surface area contributed by atoms with Crippen LogP contribution < -0.4 is 5.73 Å². The van der Waals surface area contributed by atoms with Gasteiger partial charge in [-0.15, -0.1) is 0 Å². The maximum atomic E-state index is 12.9. The number of rotatable bonds is 1. The summed E-state index contributed by atoms with van der Waals surface area (Å²) in [5, 5.41) is 0. The van der Waals surface area contributed by atoms with E-state index < -0.39 is 5.82 Å². The van der Waals surface area contributed by atoms with E-state index in [9.17, 15) is 4.39 Å². The molecule has 0 aromatic heterocycles. The summed E-state index contributed by atoms with van der Waals surface area (Å²) in [6, 6.07) is 4.36. The second-order valence-electron chi connectivity index (χ2n) is 2.54. The molecule has 4 heteroatoms. The standard InChI is InChI=1S/C9H11FN2O/c1-6(13-2)12-7-3-4-9(11)8(10)5-7/h3-5H,11H2,1-2H3. The van der Waals surface area contributed by atoms with Crippen molar-refractivity contribution in [2.45, 2.75) is 6.92 Å². The van der Waals surface area contributed by atoms with Crippen molar-refractivity contribution in [3.63, 3.8) is 0 Å². The van der Waals surface area contributed by atoms with E-state index in [2.05, 4.69) is 4.99 Å². The highest BCUT2D eigenvalue weighted by atomic mass is 19.1. The van der Waals surface area contributed by atoms with Crippen molar-refractivity contribution in [3.05, 3.63) is 24.0 Å². The minimum absolute atomic E-state index is 0.119. The highest BCUT2D eigenvalue weighted by molar-refractivity contribution is 5.76. The Kier molecular flexibility index (Phi) is 2.84. The smallest absolute Gasteiger partial charge is 0.184 e. The topological polar surface area (TPSA) is 47.6 Å². The molecule has 0 atom stereocenters. The van der Waals surface area contributed by atoms with E-state index in [0.717, 1.165) is 0 Å². The van der Waals surface area contributed by atoms with Crippen LogP contribution in [0.3, 0.4) is 0 Å². The summed E-state index contributed by atoms with van der Waals surface area (Å²) < 4.78 is 17.7. The van der Waals surface area contributed by atoms with Gasteiger partial charge in [-0.3, -0.25) is 0 Å². The number of methoxy groups -OCH3 is 1. The van der Waals surface area contributed by atoms with Crippen LogP contribution in [0.1, 0.15) is 6.92 Å². The van der Waals surface area contributed by atoms with Gasteiger partial charge in [0, 0.05) is 13.0 Å². The highest BCUT2D eigenvalue weighted by Gasteiger charge is 1.98. The average molecular weight is 182 g/mol.